The van der Waals surface area contributed by atoms with E-state index in [-0.39, 0.29) is 0 Å². The van der Waals surface area contributed by atoms with Crippen LogP contribution in [0.5, 0.6) is 11.5 Å². The average Bonchev–Trinajstić information content (AvgIpc) is 2.99. The van der Waals surface area contributed by atoms with Crippen LogP contribution in [0.4, 0.5) is 0 Å². The molecule has 0 N–H and O–H groups in total. The Morgan fingerprint density at radius 3 is 1.49 bits per heavy atom. The highest BCUT2D eigenvalue weighted by atomic mass is 32.9. The Morgan fingerprint density at radius 1 is 0.537 bits per heavy atom. The van der Waals surface area contributed by atoms with Crippen LogP contribution < -0.4 is 9.05 Å². The van der Waals surface area contributed by atoms with Gasteiger partial charge in [0.15, 0.2) is 0 Å². The van der Waals surface area contributed by atoms with Crippen molar-refractivity contribution in [1.29, 1.82) is 0 Å². The molecule has 0 saturated carbocycles. The number of aryl methyl sites for hydroxylation is 3. The fourth-order valence-electron chi connectivity index (χ4n) is 5.02. The molecule has 0 spiro atoms. The Kier molecular flexibility index (Phi) is 16.6. The maximum absolute atomic E-state index is 6.76. The van der Waals surface area contributed by atoms with E-state index in [0.29, 0.717) is 0 Å². The third-order valence-corrected chi connectivity index (χ3v) is 12.3. The van der Waals surface area contributed by atoms with Gasteiger partial charge in [0.05, 0.1) is 0 Å². The summed E-state index contributed by atoms with van der Waals surface area (Å²) in [6, 6.07) is 27.5. The summed E-state index contributed by atoms with van der Waals surface area (Å²) < 4.78 is 13.5. The molecule has 0 radical (unpaired) electrons. The van der Waals surface area contributed by atoms with Crippen LogP contribution in [0.1, 0.15) is 108 Å². The molecule has 0 saturated heterocycles. The normalized spacial score (nSPS) is 11.5. The van der Waals surface area contributed by atoms with Gasteiger partial charge in [0.1, 0.15) is 11.5 Å². The summed E-state index contributed by atoms with van der Waals surface area (Å²) >= 11 is 7.98. The number of hydrogen-bond donors (Lipinski definition) is 0. The first kappa shape index (κ1) is 33.8. The fourth-order valence-corrected chi connectivity index (χ4v) is 9.45. The Hall–Kier alpha value is -1.74. The Balaban J connectivity index is 1.71. The molecule has 224 valence electrons. The molecule has 0 atom stereocenters. The van der Waals surface area contributed by atoms with Gasteiger partial charge in [-0.15, -0.1) is 0 Å². The lowest BCUT2D eigenvalue weighted by Crippen LogP contribution is -2.03. The third kappa shape index (κ3) is 13.4. The number of unbranched alkanes of at least 4 members (excludes halogenated alkanes) is 10. The van der Waals surface area contributed by atoms with E-state index in [2.05, 4.69) is 92.7 Å². The highest BCUT2D eigenvalue weighted by Gasteiger charge is 2.26. The van der Waals surface area contributed by atoms with E-state index >= 15 is 0 Å². The van der Waals surface area contributed by atoms with Crippen molar-refractivity contribution in [1.82, 2.24) is 0 Å². The zero-order chi connectivity index (χ0) is 29.0. The van der Waals surface area contributed by atoms with E-state index in [1.54, 1.807) is 11.4 Å². The van der Waals surface area contributed by atoms with Crippen molar-refractivity contribution in [3.63, 3.8) is 0 Å². The Labute approximate surface area is 260 Å². The molecular formula is C36H51O2PS2. The second-order valence-electron chi connectivity index (χ2n) is 10.9. The minimum Gasteiger partial charge on any atom is -0.428 e. The molecule has 0 unspecified atom stereocenters. The number of rotatable bonds is 22. The quantitative estimate of drug-likeness (QED) is 0.0832. The molecule has 0 heterocycles. The van der Waals surface area contributed by atoms with Crippen molar-refractivity contribution >= 4 is 28.9 Å². The molecule has 0 fully saturated rings. The van der Waals surface area contributed by atoms with Crippen LogP contribution in [0, 0.1) is 0 Å². The maximum atomic E-state index is 6.76. The fraction of sp³-hybridized carbons (Fsp3) is 0.500. The Bertz CT molecular complexity index is 1090. The molecule has 3 rings (SSSR count). The van der Waals surface area contributed by atoms with E-state index in [9.17, 15) is 0 Å². The average molecular weight is 611 g/mol. The molecule has 0 aliphatic heterocycles. The molecule has 41 heavy (non-hydrogen) atoms. The predicted octanol–water partition coefficient (Wildman–Crippen LogP) is 12.2. The summed E-state index contributed by atoms with van der Waals surface area (Å²) in [7, 11) is 0. The molecule has 5 heteroatoms. The number of hydrogen-bond acceptors (Lipinski definition) is 4. The molecule has 0 aromatic heterocycles. The van der Waals surface area contributed by atoms with Gasteiger partial charge in [0.25, 0.3) is 0 Å². The standard InChI is InChI=1S/C36H51O2PS2/c1-3-5-7-9-11-16-24-33-26-18-20-28-35(33)37-39(40,41-31-30-32-22-14-13-15-23-32)38-36-29-21-19-27-34(36)25-17-12-10-8-6-4-2/h13-15,18-23,26-29H,3-12,16-17,24-25,30-31H2,1-2H3. The summed E-state index contributed by atoms with van der Waals surface area (Å²) in [5.74, 6) is 2.65. The van der Waals surface area contributed by atoms with Crippen LogP contribution in [0.3, 0.4) is 0 Å². The first-order chi connectivity index (χ1) is 20.1. The zero-order valence-electron chi connectivity index (χ0n) is 25.4. The van der Waals surface area contributed by atoms with Gasteiger partial charge in [-0.05, 0) is 84.1 Å². The lowest BCUT2D eigenvalue weighted by atomic mass is 10.0. The summed E-state index contributed by atoms with van der Waals surface area (Å²) in [6.07, 6.45) is 18.4. The minimum absolute atomic E-state index is 0.862. The first-order valence-electron chi connectivity index (χ1n) is 16.0. The molecule has 0 aliphatic carbocycles. The molecule has 0 amide bonds. The van der Waals surface area contributed by atoms with Crippen LogP contribution in [0.25, 0.3) is 0 Å². The largest absolute Gasteiger partial charge is 0.428 e. The second kappa shape index (κ2) is 20.2. The molecule has 0 bridgehead atoms. The van der Waals surface area contributed by atoms with Gasteiger partial charge < -0.3 is 9.05 Å². The van der Waals surface area contributed by atoms with Crippen molar-refractivity contribution in [3.05, 3.63) is 95.6 Å². The SMILES string of the molecule is CCCCCCCCc1ccccc1OP(=S)(Oc1ccccc1CCCCCCCC)SCCc1ccccc1. The lowest BCUT2D eigenvalue weighted by Gasteiger charge is -2.25. The van der Waals surface area contributed by atoms with Crippen molar-refractivity contribution in [2.75, 3.05) is 5.75 Å². The molecule has 0 aliphatic rings. The van der Waals surface area contributed by atoms with Gasteiger partial charge in [0, 0.05) is 5.75 Å². The van der Waals surface area contributed by atoms with Gasteiger partial charge in [-0.3, -0.25) is 0 Å². The minimum atomic E-state index is -2.71. The molecule has 3 aromatic rings. The summed E-state index contributed by atoms with van der Waals surface area (Å²) in [5, 5.41) is 0. The van der Waals surface area contributed by atoms with Crippen molar-refractivity contribution in [2.24, 2.45) is 0 Å². The van der Waals surface area contributed by atoms with Gasteiger partial charge in [0.2, 0.25) is 0 Å². The lowest BCUT2D eigenvalue weighted by molar-refractivity contribution is 0.495. The van der Waals surface area contributed by atoms with Crippen molar-refractivity contribution < 1.29 is 9.05 Å². The topological polar surface area (TPSA) is 18.5 Å². The smallest absolute Gasteiger partial charge is 0.348 e. The maximum Gasteiger partial charge on any atom is 0.348 e. The summed E-state index contributed by atoms with van der Waals surface area (Å²) in [4.78, 5) is 0. The van der Waals surface area contributed by atoms with Crippen LogP contribution in [-0.4, -0.2) is 5.75 Å². The third-order valence-electron chi connectivity index (χ3n) is 7.45. The second-order valence-corrected chi connectivity index (χ2v) is 17.2. The highest BCUT2D eigenvalue weighted by molar-refractivity contribution is 8.68. The van der Waals surface area contributed by atoms with Gasteiger partial charge in [-0.2, -0.15) is 0 Å². The molecule has 3 aromatic carbocycles. The number of benzene rings is 3. The molecule has 2 nitrogen and oxygen atoms in total. The van der Waals surface area contributed by atoms with E-state index in [0.717, 1.165) is 36.5 Å². The van der Waals surface area contributed by atoms with E-state index < -0.39 is 5.69 Å². The van der Waals surface area contributed by atoms with Crippen LogP contribution >= 0.6 is 17.1 Å². The van der Waals surface area contributed by atoms with Gasteiger partial charge in [-0.1, -0.05) is 145 Å². The number of para-hydroxylation sites is 2. The summed E-state index contributed by atoms with van der Waals surface area (Å²) in [5.41, 5.74) is 1.08. The highest BCUT2D eigenvalue weighted by Crippen LogP contribution is 2.61. The van der Waals surface area contributed by atoms with E-state index in [1.165, 1.54) is 93.7 Å². The van der Waals surface area contributed by atoms with Crippen molar-refractivity contribution in [3.8, 4) is 11.5 Å². The summed E-state index contributed by atoms with van der Waals surface area (Å²) in [6.45, 7) is 4.54. The van der Waals surface area contributed by atoms with Crippen molar-refractivity contribution in [2.45, 2.75) is 110 Å². The predicted molar refractivity (Wildman–Crippen MR) is 185 cm³/mol. The first-order valence-corrected chi connectivity index (χ1v) is 20.2. The zero-order valence-corrected chi connectivity index (χ0v) is 27.9. The Morgan fingerprint density at radius 2 is 0.976 bits per heavy atom. The van der Waals surface area contributed by atoms with Crippen LogP contribution in [0.2, 0.25) is 0 Å². The van der Waals surface area contributed by atoms with E-state index in [1.807, 2.05) is 0 Å². The van der Waals surface area contributed by atoms with E-state index in [4.69, 9.17) is 20.9 Å². The van der Waals surface area contributed by atoms with Gasteiger partial charge >= 0.3 is 5.69 Å². The van der Waals surface area contributed by atoms with Crippen LogP contribution in [0.15, 0.2) is 78.9 Å². The van der Waals surface area contributed by atoms with Crippen LogP contribution in [-0.2, 0) is 31.1 Å². The molecular weight excluding hydrogens is 560 g/mol. The van der Waals surface area contributed by atoms with Gasteiger partial charge in [-0.25, -0.2) is 0 Å². The monoisotopic (exact) mass is 610 g/mol.